The Labute approximate surface area is 222 Å². The predicted octanol–water partition coefficient (Wildman–Crippen LogP) is 2.22. The number of carbonyl (C=O) groups excluding carboxylic acids is 1. The van der Waals surface area contributed by atoms with Crippen LogP contribution in [0.4, 0.5) is 5.69 Å². The molecular formula is C27H24N6O6. The van der Waals surface area contributed by atoms with E-state index >= 15 is 0 Å². The molecule has 0 unspecified atom stereocenters. The number of carbonyl (C=O) groups is 2. The van der Waals surface area contributed by atoms with Crippen LogP contribution < -0.4 is 20.1 Å². The van der Waals surface area contributed by atoms with Crippen molar-refractivity contribution >= 4 is 23.2 Å². The summed E-state index contributed by atoms with van der Waals surface area (Å²) in [6.07, 6.45) is 1.76. The van der Waals surface area contributed by atoms with Crippen molar-refractivity contribution in [1.82, 2.24) is 19.9 Å². The number of nitrogens with zero attached hydrogens (tertiary/aromatic N) is 4. The monoisotopic (exact) mass is 528 g/mol. The topological polar surface area (TPSA) is 171 Å². The fourth-order valence-electron chi connectivity index (χ4n) is 4.33. The molecule has 198 valence electrons. The maximum Gasteiger partial charge on any atom is 0.306 e. The molecule has 4 N–H and O–H groups in total. The van der Waals surface area contributed by atoms with Crippen LogP contribution in [0.15, 0.2) is 55.0 Å². The van der Waals surface area contributed by atoms with E-state index in [1.165, 1.54) is 6.33 Å². The number of hydrogen-bond donors (Lipinski definition) is 4. The van der Waals surface area contributed by atoms with Crippen molar-refractivity contribution in [2.24, 2.45) is 0 Å². The predicted molar refractivity (Wildman–Crippen MR) is 138 cm³/mol. The van der Waals surface area contributed by atoms with Gasteiger partial charge in [0.15, 0.2) is 17.1 Å². The minimum Gasteiger partial charge on any atom is -0.486 e. The highest BCUT2D eigenvalue weighted by molar-refractivity contribution is 6.09. The molecule has 0 saturated heterocycles. The summed E-state index contributed by atoms with van der Waals surface area (Å²) in [5.74, 6) is -0.358. The molecule has 12 nitrogen and oxygen atoms in total. The third-order valence-corrected chi connectivity index (χ3v) is 6.09. The summed E-state index contributed by atoms with van der Waals surface area (Å²) in [6.45, 7) is 1.23. The smallest absolute Gasteiger partial charge is 0.306 e. The third-order valence-electron chi connectivity index (χ3n) is 6.09. The number of aliphatic hydroxyl groups is 1. The molecule has 39 heavy (non-hydrogen) atoms. The van der Waals surface area contributed by atoms with Gasteiger partial charge in [-0.3, -0.25) is 14.0 Å². The molecule has 5 rings (SSSR count). The molecule has 1 aliphatic rings. The molecule has 0 fully saturated rings. The molecule has 4 aromatic rings. The molecule has 0 aliphatic carbocycles. The summed E-state index contributed by atoms with van der Waals surface area (Å²) in [4.78, 5) is 24.2. The number of nitrogens with one attached hydrogen (secondary N) is 2. The molecule has 0 bridgehead atoms. The molecule has 12 heteroatoms. The molecule has 1 aliphatic heterocycles. The van der Waals surface area contributed by atoms with Crippen LogP contribution in [0.25, 0.3) is 16.8 Å². The number of rotatable bonds is 9. The standard InChI is InChI=1S/C27H24N6O6/c28-11-21-19(17-4-5-23-24(9-17)39-7-6-38-23)2-1-3-22(21)31-27(37)20-8-16(14-33-15-30-32-26(20)33)12-29-13-18(34)10-25(35)36/h1-5,8-9,14-15,18,29,34H,6-7,10,12-13H2,(H,31,37)(H,35,36)/t18-/m0/s1. The number of aromatic nitrogens is 3. The number of fused-ring (bicyclic) bond motifs is 2. The van der Waals surface area contributed by atoms with Crippen LogP contribution in [-0.4, -0.2) is 62.6 Å². The first-order valence-corrected chi connectivity index (χ1v) is 12.1. The van der Waals surface area contributed by atoms with Crippen LogP contribution in [-0.2, 0) is 11.3 Å². The Hall–Kier alpha value is -4.99. The number of nitriles is 1. The Morgan fingerprint density at radius 2 is 1.97 bits per heavy atom. The highest BCUT2D eigenvalue weighted by Crippen LogP contribution is 2.37. The van der Waals surface area contributed by atoms with Crippen molar-refractivity contribution in [2.45, 2.75) is 19.1 Å². The van der Waals surface area contributed by atoms with Crippen LogP contribution in [0.2, 0.25) is 0 Å². The summed E-state index contributed by atoms with van der Waals surface area (Å²) >= 11 is 0. The summed E-state index contributed by atoms with van der Waals surface area (Å²) < 4.78 is 12.9. The minimum atomic E-state index is -1.09. The zero-order chi connectivity index (χ0) is 27.4. The van der Waals surface area contributed by atoms with E-state index in [0.29, 0.717) is 47.2 Å². The van der Waals surface area contributed by atoms with Gasteiger partial charge in [0.25, 0.3) is 5.91 Å². The number of anilines is 1. The third kappa shape index (κ3) is 5.64. The summed E-state index contributed by atoms with van der Waals surface area (Å²) in [5, 5.41) is 42.3. The largest absolute Gasteiger partial charge is 0.486 e. The number of carboxylic acid groups (broad SMARTS) is 1. The Morgan fingerprint density at radius 1 is 1.15 bits per heavy atom. The lowest BCUT2D eigenvalue weighted by atomic mass is 9.98. The van der Waals surface area contributed by atoms with Crippen molar-refractivity contribution in [3.05, 3.63) is 71.7 Å². The van der Waals surface area contributed by atoms with E-state index in [9.17, 15) is 20.0 Å². The lowest BCUT2D eigenvalue weighted by Crippen LogP contribution is -2.28. The average Bonchev–Trinajstić information content (AvgIpc) is 3.40. The number of ether oxygens (including phenoxy) is 2. The van der Waals surface area contributed by atoms with E-state index in [1.807, 2.05) is 6.07 Å². The van der Waals surface area contributed by atoms with Gasteiger partial charge in [0.1, 0.15) is 25.6 Å². The lowest BCUT2D eigenvalue weighted by Gasteiger charge is -2.19. The number of aliphatic carboxylic acids is 1. The van der Waals surface area contributed by atoms with Gasteiger partial charge in [0.2, 0.25) is 0 Å². The van der Waals surface area contributed by atoms with Gasteiger partial charge in [0.05, 0.1) is 29.3 Å². The van der Waals surface area contributed by atoms with Gasteiger partial charge in [0, 0.05) is 24.8 Å². The van der Waals surface area contributed by atoms with Crippen LogP contribution in [0, 0.1) is 11.3 Å². The van der Waals surface area contributed by atoms with Crippen LogP contribution >= 0.6 is 0 Å². The molecule has 2 aromatic carbocycles. The minimum absolute atomic E-state index is 0.0617. The SMILES string of the molecule is N#Cc1c(NC(=O)c2cc(CNC[C@@H](O)CC(=O)O)cn3cnnc23)cccc1-c1ccc2c(c1)OCCO2. The first-order valence-electron chi connectivity index (χ1n) is 12.1. The number of hydrogen-bond acceptors (Lipinski definition) is 9. The van der Waals surface area contributed by atoms with Gasteiger partial charge in [-0.25, -0.2) is 0 Å². The maximum absolute atomic E-state index is 13.4. The Balaban J connectivity index is 1.39. The molecule has 3 heterocycles. The van der Waals surface area contributed by atoms with Gasteiger partial charge in [-0.2, -0.15) is 5.26 Å². The molecule has 0 radical (unpaired) electrons. The Bertz CT molecular complexity index is 1590. The van der Waals surface area contributed by atoms with Crippen LogP contribution in [0.3, 0.4) is 0 Å². The Kier molecular flexibility index (Phi) is 7.35. The zero-order valence-corrected chi connectivity index (χ0v) is 20.6. The average molecular weight is 529 g/mol. The van der Waals surface area contributed by atoms with Gasteiger partial charge >= 0.3 is 5.97 Å². The van der Waals surface area contributed by atoms with E-state index in [1.54, 1.807) is 47.0 Å². The van der Waals surface area contributed by atoms with E-state index in [0.717, 1.165) is 5.56 Å². The second-order valence-electron chi connectivity index (χ2n) is 8.86. The Morgan fingerprint density at radius 3 is 2.77 bits per heavy atom. The fourth-order valence-corrected chi connectivity index (χ4v) is 4.33. The number of amides is 1. The normalized spacial score (nSPS) is 13.0. The molecule has 1 atom stereocenters. The van der Waals surface area contributed by atoms with E-state index in [2.05, 4.69) is 26.9 Å². The van der Waals surface area contributed by atoms with Gasteiger partial charge in [-0.1, -0.05) is 18.2 Å². The number of benzene rings is 2. The second-order valence-corrected chi connectivity index (χ2v) is 8.86. The van der Waals surface area contributed by atoms with Gasteiger partial charge in [-0.15, -0.1) is 10.2 Å². The summed E-state index contributed by atoms with van der Waals surface area (Å²) in [6, 6.07) is 14.4. The summed E-state index contributed by atoms with van der Waals surface area (Å²) in [7, 11) is 0. The van der Waals surface area contributed by atoms with Crippen molar-refractivity contribution in [3.63, 3.8) is 0 Å². The first-order chi connectivity index (χ1) is 18.9. The molecule has 0 saturated carbocycles. The molecule has 0 spiro atoms. The number of pyridine rings is 1. The fraction of sp³-hybridized carbons (Fsp3) is 0.222. The van der Waals surface area contributed by atoms with Crippen molar-refractivity contribution < 1.29 is 29.3 Å². The zero-order valence-electron chi connectivity index (χ0n) is 20.6. The maximum atomic E-state index is 13.4. The second kappa shape index (κ2) is 11.2. The van der Waals surface area contributed by atoms with E-state index in [-0.39, 0.29) is 30.6 Å². The number of carboxylic acids is 1. The quantitative estimate of drug-likeness (QED) is 0.252. The van der Waals surface area contributed by atoms with E-state index in [4.69, 9.17) is 14.6 Å². The molecule has 1 amide bonds. The highest BCUT2D eigenvalue weighted by atomic mass is 16.6. The lowest BCUT2D eigenvalue weighted by molar-refractivity contribution is -0.139. The van der Waals surface area contributed by atoms with Gasteiger partial charge in [-0.05, 0) is 35.4 Å². The van der Waals surface area contributed by atoms with Crippen LogP contribution in [0.5, 0.6) is 11.5 Å². The van der Waals surface area contributed by atoms with Gasteiger partial charge < -0.3 is 30.3 Å². The van der Waals surface area contributed by atoms with Crippen LogP contribution in [0.1, 0.15) is 27.9 Å². The van der Waals surface area contributed by atoms with Crippen molar-refractivity contribution in [1.29, 1.82) is 5.26 Å². The molecular weight excluding hydrogens is 504 g/mol. The van der Waals surface area contributed by atoms with Crippen molar-refractivity contribution in [2.75, 3.05) is 25.1 Å². The first kappa shape index (κ1) is 25.7. The summed E-state index contributed by atoms with van der Waals surface area (Å²) in [5.41, 5.74) is 3.21. The number of aliphatic hydroxyl groups excluding tert-OH is 1. The molecule has 2 aromatic heterocycles. The highest BCUT2D eigenvalue weighted by Gasteiger charge is 2.19. The van der Waals surface area contributed by atoms with E-state index < -0.39 is 18.0 Å². The van der Waals surface area contributed by atoms with Crippen molar-refractivity contribution in [3.8, 4) is 28.7 Å².